The molecule has 0 aliphatic rings. The Balaban J connectivity index is 0.00000328. The van der Waals surface area contributed by atoms with Gasteiger partial charge in [-0.2, -0.15) is 0 Å². The molecular formula is C56H70Cl4N14O4. The maximum atomic E-state index is 14.4. The van der Waals surface area contributed by atoms with E-state index < -0.39 is 5.91 Å². The lowest BCUT2D eigenvalue weighted by molar-refractivity contribution is -0.116. The lowest BCUT2D eigenvalue weighted by atomic mass is 10.1. The Bertz CT molecular complexity index is 3330. The number of nitrogens with one attached hydrogen (secondary N) is 3. The van der Waals surface area contributed by atoms with Crippen molar-refractivity contribution >= 4 is 129 Å². The highest BCUT2D eigenvalue weighted by Crippen LogP contribution is 2.42. The van der Waals surface area contributed by atoms with Crippen LogP contribution in [-0.2, 0) is 23.7 Å². The van der Waals surface area contributed by atoms with Crippen molar-refractivity contribution in [2.45, 2.75) is 6.42 Å². The molecule has 0 aliphatic heterocycles. The third-order valence-electron chi connectivity index (χ3n) is 12.9. The van der Waals surface area contributed by atoms with Gasteiger partial charge in [-0.3, -0.25) is 9.59 Å². The van der Waals surface area contributed by atoms with Gasteiger partial charge >= 0.3 is 0 Å². The summed E-state index contributed by atoms with van der Waals surface area (Å²) in [4.78, 5) is 57.4. The molecule has 0 saturated carbocycles. The summed E-state index contributed by atoms with van der Waals surface area (Å²) in [6, 6.07) is 27.6. The number of nitrogens with zero attached hydrogens (tertiary/aromatic N) is 11. The number of ether oxygens (including phenoxy) is 2. The van der Waals surface area contributed by atoms with Crippen molar-refractivity contribution in [3.63, 3.8) is 0 Å². The number of carbonyl (C=O) groups excluding carboxylic acids is 2. The topological polar surface area (TPSA) is 166 Å². The van der Waals surface area contributed by atoms with E-state index in [0.717, 1.165) is 63.1 Å². The summed E-state index contributed by atoms with van der Waals surface area (Å²) in [7, 11) is 19.2. The number of carbonyl (C=O) groups is 2. The second-order valence-electron chi connectivity index (χ2n) is 18.7. The average Bonchev–Trinajstić information content (AvgIpc) is 3.97. The molecular weight excluding hydrogens is 1070 g/mol. The predicted octanol–water partition coefficient (Wildman–Crippen LogP) is 10.3. The molecule has 18 nitrogen and oxygen atoms in total. The van der Waals surface area contributed by atoms with Crippen molar-refractivity contribution in [3.8, 4) is 34.0 Å². The summed E-state index contributed by atoms with van der Waals surface area (Å²) in [6.45, 7) is 6.64. The normalized spacial score (nSPS) is 10.7. The molecule has 2 amide bonds. The van der Waals surface area contributed by atoms with Crippen molar-refractivity contribution in [2.75, 3.05) is 120 Å². The van der Waals surface area contributed by atoms with Crippen LogP contribution in [0.5, 0.6) is 11.5 Å². The van der Waals surface area contributed by atoms with Crippen LogP contribution in [0.4, 0.5) is 46.0 Å². The van der Waals surface area contributed by atoms with Crippen molar-refractivity contribution in [2.24, 2.45) is 14.1 Å². The van der Waals surface area contributed by atoms with Gasteiger partial charge in [0.2, 0.25) is 23.7 Å². The zero-order chi connectivity index (χ0) is 52.6. The molecule has 0 unspecified atom stereocenters. The molecule has 3 N–H and O–H groups in total. The van der Waals surface area contributed by atoms with E-state index in [4.69, 9.17) is 19.4 Å². The first-order valence-corrected chi connectivity index (χ1v) is 24.3. The molecule has 8 rings (SSSR count). The number of amides is 2. The lowest BCUT2D eigenvalue weighted by Crippen LogP contribution is -2.35. The molecule has 0 fully saturated rings. The van der Waals surface area contributed by atoms with E-state index in [2.05, 4.69) is 97.9 Å². The molecule has 0 saturated heterocycles. The van der Waals surface area contributed by atoms with Crippen LogP contribution in [0, 0.1) is 0 Å². The standard InChI is InChI=1S/C56H66N14O4.4ClH/c1-12-54(72)70(50-32-45(52(74-11)34-49(50)67(7)30-28-65(4)5)63-56-58-25-22-42(61-56)40-36-69(9)47-20-16-14-18-38(40)47)26-23-53(71)59-43-31-44(51(73-10)33-48(43)66(6)29-27-64(2)3)62-55-57-24-21-41(60-55)39-35-68(8)46-19-15-13-17-37(39)46;;;;/h12-22,24-25,31-36H,1,23,26-30H2,2-11H3,(H,59,71)(H,57,60,62)(H,58,61,63);4*1H. The van der Waals surface area contributed by atoms with E-state index >= 15 is 0 Å². The fourth-order valence-electron chi connectivity index (χ4n) is 8.89. The highest BCUT2D eigenvalue weighted by Gasteiger charge is 2.25. The summed E-state index contributed by atoms with van der Waals surface area (Å²) < 4.78 is 16.1. The zero-order valence-corrected chi connectivity index (χ0v) is 48.9. The zero-order valence-electron chi connectivity index (χ0n) is 45.6. The van der Waals surface area contributed by atoms with Crippen LogP contribution in [0.15, 0.2) is 122 Å². The van der Waals surface area contributed by atoms with Gasteiger partial charge in [0.15, 0.2) is 0 Å². The SMILES string of the molecule is C=CC(=O)N(CCC(=O)Nc1cc(Nc2nccc(-c3cn(C)c4ccccc34)n2)c(OC)cc1N(C)CCN(C)C)c1cc(Nc2nccc(-c3cn(C)c4ccccc34)n2)c(OC)cc1N(C)CCN(C)C.Cl.Cl.Cl.Cl. The van der Waals surface area contributed by atoms with Gasteiger partial charge in [-0.05, 0) is 70.7 Å². The van der Waals surface area contributed by atoms with E-state index in [1.54, 1.807) is 31.5 Å². The number of anilines is 8. The van der Waals surface area contributed by atoms with E-state index in [9.17, 15) is 9.59 Å². The highest BCUT2D eigenvalue weighted by molar-refractivity contribution is 6.05. The van der Waals surface area contributed by atoms with Crippen molar-refractivity contribution in [1.82, 2.24) is 38.9 Å². The predicted molar refractivity (Wildman–Crippen MR) is 329 cm³/mol. The second-order valence-corrected chi connectivity index (χ2v) is 18.7. The van der Waals surface area contributed by atoms with Gasteiger partial charge < -0.3 is 59.1 Å². The molecule has 78 heavy (non-hydrogen) atoms. The van der Waals surface area contributed by atoms with E-state index in [1.165, 1.54) is 6.08 Å². The number of hydrogen-bond donors (Lipinski definition) is 3. The first-order chi connectivity index (χ1) is 35.6. The third-order valence-corrected chi connectivity index (χ3v) is 12.9. The maximum Gasteiger partial charge on any atom is 0.250 e. The first kappa shape index (κ1) is 63.2. The Morgan fingerprint density at radius 3 is 1.53 bits per heavy atom. The molecule has 0 bridgehead atoms. The molecule has 4 aromatic heterocycles. The van der Waals surface area contributed by atoms with E-state index in [0.29, 0.717) is 64.9 Å². The number of halogens is 4. The van der Waals surface area contributed by atoms with Crippen LogP contribution in [0.25, 0.3) is 44.3 Å². The number of likely N-dealkylation sites (N-methyl/N-ethyl adjacent to an activating group) is 4. The van der Waals surface area contributed by atoms with Gasteiger partial charge in [0.1, 0.15) is 11.5 Å². The second kappa shape index (κ2) is 28.3. The number of fused-ring (bicyclic) bond motifs is 2. The van der Waals surface area contributed by atoms with Crippen LogP contribution in [-0.4, -0.2) is 140 Å². The number of aromatic nitrogens is 6. The first-order valence-electron chi connectivity index (χ1n) is 24.3. The minimum absolute atomic E-state index is 0. The van der Waals surface area contributed by atoms with E-state index in [-0.39, 0.29) is 68.5 Å². The van der Waals surface area contributed by atoms with Crippen molar-refractivity contribution in [3.05, 3.63) is 122 Å². The molecule has 0 spiro atoms. The number of methoxy groups -OCH3 is 2. The summed E-state index contributed by atoms with van der Waals surface area (Å²) in [6.07, 6.45) is 8.72. The summed E-state index contributed by atoms with van der Waals surface area (Å²) in [5.41, 5.74) is 9.15. The van der Waals surface area contributed by atoms with Crippen molar-refractivity contribution in [1.29, 1.82) is 0 Å². The van der Waals surface area contributed by atoms with Gasteiger partial charge in [0.25, 0.3) is 0 Å². The van der Waals surface area contributed by atoms with Crippen LogP contribution in [0.1, 0.15) is 6.42 Å². The molecule has 8 aromatic rings. The van der Waals surface area contributed by atoms with Gasteiger partial charge in [-0.15, -0.1) is 49.6 Å². The Kier molecular flexibility index (Phi) is 23.0. The Labute approximate surface area is 481 Å². The molecule has 22 heteroatoms. The third kappa shape index (κ3) is 14.4. The summed E-state index contributed by atoms with van der Waals surface area (Å²) >= 11 is 0. The van der Waals surface area contributed by atoms with Crippen LogP contribution in [0.2, 0.25) is 0 Å². The smallest absolute Gasteiger partial charge is 0.250 e. The van der Waals surface area contributed by atoms with Gasteiger partial charge in [0, 0.05) is 137 Å². The van der Waals surface area contributed by atoms with Crippen LogP contribution in [0.3, 0.4) is 0 Å². The molecule has 0 aliphatic carbocycles. The summed E-state index contributed by atoms with van der Waals surface area (Å²) in [5.74, 6) is 0.991. The highest BCUT2D eigenvalue weighted by atomic mass is 35.5. The monoisotopic (exact) mass is 1140 g/mol. The number of hydrogen-bond acceptors (Lipinski definition) is 14. The fourth-order valence-corrected chi connectivity index (χ4v) is 8.89. The fraction of sp³-hybridized carbons (Fsp3) is 0.286. The molecule has 416 valence electrons. The average molecular weight is 1150 g/mol. The number of para-hydroxylation sites is 2. The summed E-state index contributed by atoms with van der Waals surface area (Å²) in [5, 5.41) is 12.1. The molecule has 4 heterocycles. The van der Waals surface area contributed by atoms with Gasteiger partial charge in [0.05, 0.1) is 59.7 Å². The molecule has 4 aromatic carbocycles. The van der Waals surface area contributed by atoms with Crippen LogP contribution < -0.4 is 40.1 Å². The minimum Gasteiger partial charge on any atom is -0.494 e. The Morgan fingerprint density at radius 1 is 0.590 bits per heavy atom. The van der Waals surface area contributed by atoms with Gasteiger partial charge in [-0.25, -0.2) is 19.9 Å². The Hall–Kier alpha value is -7.32. The van der Waals surface area contributed by atoms with Crippen molar-refractivity contribution < 1.29 is 19.1 Å². The van der Waals surface area contributed by atoms with E-state index in [1.807, 2.05) is 117 Å². The lowest BCUT2D eigenvalue weighted by Gasteiger charge is -2.31. The number of benzene rings is 4. The molecule has 0 atom stereocenters. The number of aryl methyl sites for hydroxylation is 2. The minimum atomic E-state index is -0.392. The molecule has 0 radical (unpaired) electrons. The largest absolute Gasteiger partial charge is 0.494 e. The number of rotatable bonds is 22. The Morgan fingerprint density at radius 2 is 1.05 bits per heavy atom. The maximum absolute atomic E-state index is 14.4. The quantitative estimate of drug-likeness (QED) is 0.0549. The van der Waals surface area contributed by atoms with Crippen LogP contribution >= 0.6 is 49.6 Å². The van der Waals surface area contributed by atoms with Gasteiger partial charge in [-0.1, -0.05) is 43.0 Å².